The molecule has 1 aromatic heterocycles. The quantitative estimate of drug-likeness (QED) is 0.886. The fourth-order valence-electron chi connectivity index (χ4n) is 2.64. The van der Waals surface area contributed by atoms with Crippen LogP contribution >= 0.6 is 0 Å². The van der Waals surface area contributed by atoms with Crippen LogP contribution < -0.4 is 15.5 Å². The Labute approximate surface area is 127 Å². The minimum Gasteiger partial charge on any atom is -0.482 e. The average molecular weight is 294 g/mol. The Kier molecular flexibility index (Phi) is 3.00. The lowest BCUT2D eigenvalue weighted by molar-refractivity contribution is -0.118. The molecule has 1 aromatic carbocycles. The van der Waals surface area contributed by atoms with Crippen molar-refractivity contribution < 1.29 is 9.53 Å². The number of hydrogen-bond acceptors (Lipinski definition) is 5. The number of anilines is 1. The molecular formula is C16H14N4O2. The van der Waals surface area contributed by atoms with Gasteiger partial charge in [-0.15, -0.1) is 0 Å². The normalized spacial score (nSPS) is 19.5. The second-order valence-corrected chi connectivity index (χ2v) is 5.25. The Morgan fingerprint density at radius 1 is 1.23 bits per heavy atom. The van der Waals surface area contributed by atoms with Crippen LogP contribution in [0.4, 0.5) is 5.69 Å². The molecule has 0 saturated heterocycles. The first kappa shape index (κ1) is 12.8. The van der Waals surface area contributed by atoms with Crippen molar-refractivity contribution in [3.05, 3.63) is 53.9 Å². The third kappa shape index (κ3) is 2.28. The monoisotopic (exact) mass is 294 g/mol. The van der Waals surface area contributed by atoms with Gasteiger partial charge in [-0.1, -0.05) is 6.07 Å². The van der Waals surface area contributed by atoms with Crippen molar-refractivity contribution in [2.75, 3.05) is 11.9 Å². The number of fused-ring (bicyclic) bond motifs is 1. The fraction of sp³-hybridized carbons (Fsp3) is 0.188. The van der Waals surface area contributed by atoms with E-state index in [1.165, 1.54) is 0 Å². The molecule has 0 spiro atoms. The molecule has 2 aliphatic heterocycles. The number of rotatable bonds is 2. The van der Waals surface area contributed by atoms with Crippen molar-refractivity contribution in [2.24, 2.45) is 5.10 Å². The summed E-state index contributed by atoms with van der Waals surface area (Å²) in [6.45, 7) is 0.0661. The lowest BCUT2D eigenvalue weighted by Gasteiger charge is -2.18. The van der Waals surface area contributed by atoms with Crippen LogP contribution in [0.25, 0.3) is 0 Å². The summed E-state index contributed by atoms with van der Waals surface area (Å²) in [6, 6.07) is 11.6. The first-order valence-electron chi connectivity index (χ1n) is 7.10. The highest BCUT2D eigenvalue weighted by Gasteiger charge is 2.23. The summed E-state index contributed by atoms with van der Waals surface area (Å²) in [5.41, 5.74) is 6.69. The van der Waals surface area contributed by atoms with E-state index in [9.17, 15) is 4.79 Å². The number of ether oxygens (including phenoxy) is 1. The number of aromatic nitrogens is 1. The molecule has 1 atom stereocenters. The highest BCUT2D eigenvalue weighted by Crippen LogP contribution is 2.31. The van der Waals surface area contributed by atoms with Crippen molar-refractivity contribution in [1.29, 1.82) is 0 Å². The smallest absolute Gasteiger partial charge is 0.262 e. The molecule has 2 aliphatic rings. The van der Waals surface area contributed by atoms with E-state index in [2.05, 4.69) is 20.8 Å². The standard InChI is InChI=1S/C16H14N4O2/c21-16-9-22-15-5-4-10(7-14(15)18-16)12-8-13(20-19-12)11-3-1-2-6-17-11/h1-7,13,20H,8-9H2,(H,18,21). The van der Waals surface area contributed by atoms with E-state index in [0.717, 1.165) is 23.4 Å². The Morgan fingerprint density at radius 2 is 2.18 bits per heavy atom. The van der Waals surface area contributed by atoms with Crippen molar-refractivity contribution in [1.82, 2.24) is 10.4 Å². The highest BCUT2D eigenvalue weighted by molar-refractivity contribution is 6.04. The van der Waals surface area contributed by atoms with Gasteiger partial charge in [0, 0.05) is 18.2 Å². The summed E-state index contributed by atoms with van der Waals surface area (Å²) >= 11 is 0. The number of hydrazone groups is 1. The molecule has 0 aliphatic carbocycles. The Hall–Kier alpha value is -2.89. The minimum absolute atomic E-state index is 0.0661. The molecule has 1 amide bonds. The number of nitrogens with one attached hydrogen (secondary N) is 2. The van der Waals surface area contributed by atoms with E-state index in [1.54, 1.807) is 6.20 Å². The molecule has 110 valence electrons. The number of benzene rings is 1. The molecule has 2 aromatic rings. The van der Waals surface area contributed by atoms with E-state index in [-0.39, 0.29) is 18.6 Å². The van der Waals surface area contributed by atoms with E-state index in [0.29, 0.717) is 11.4 Å². The van der Waals surface area contributed by atoms with Gasteiger partial charge in [0.25, 0.3) is 5.91 Å². The molecule has 22 heavy (non-hydrogen) atoms. The Morgan fingerprint density at radius 3 is 3.05 bits per heavy atom. The van der Waals surface area contributed by atoms with Gasteiger partial charge in [-0.05, 0) is 30.3 Å². The number of hydrogen-bond donors (Lipinski definition) is 2. The SMILES string of the molecule is O=C1COc2ccc(C3=NNC(c4ccccn4)C3)cc2N1. The van der Waals surface area contributed by atoms with Crippen LogP contribution in [0.3, 0.4) is 0 Å². The van der Waals surface area contributed by atoms with Crippen molar-refractivity contribution in [3.8, 4) is 5.75 Å². The topological polar surface area (TPSA) is 75.6 Å². The Bertz CT molecular complexity index is 758. The maximum absolute atomic E-state index is 11.4. The van der Waals surface area contributed by atoms with Gasteiger partial charge in [-0.2, -0.15) is 5.10 Å². The zero-order chi connectivity index (χ0) is 14.9. The molecule has 0 bridgehead atoms. The third-order valence-corrected chi connectivity index (χ3v) is 3.74. The van der Waals surface area contributed by atoms with E-state index in [1.807, 2.05) is 36.4 Å². The first-order valence-corrected chi connectivity index (χ1v) is 7.10. The summed E-state index contributed by atoms with van der Waals surface area (Å²) < 4.78 is 5.37. The number of nitrogens with zero attached hydrogens (tertiary/aromatic N) is 2. The van der Waals surface area contributed by atoms with Gasteiger partial charge in [0.2, 0.25) is 0 Å². The summed E-state index contributed by atoms with van der Waals surface area (Å²) in [4.78, 5) is 15.8. The van der Waals surface area contributed by atoms with Gasteiger partial charge >= 0.3 is 0 Å². The van der Waals surface area contributed by atoms with Gasteiger partial charge in [-0.25, -0.2) is 0 Å². The van der Waals surface area contributed by atoms with Gasteiger partial charge in [0.05, 0.1) is 23.1 Å². The van der Waals surface area contributed by atoms with Gasteiger partial charge < -0.3 is 15.5 Å². The van der Waals surface area contributed by atoms with Crippen molar-refractivity contribution in [3.63, 3.8) is 0 Å². The fourth-order valence-corrected chi connectivity index (χ4v) is 2.64. The molecule has 6 heteroatoms. The van der Waals surface area contributed by atoms with Gasteiger partial charge in [-0.3, -0.25) is 9.78 Å². The minimum atomic E-state index is -0.137. The zero-order valence-electron chi connectivity index (χ0n) is 11.7. The summed E-state index contributed by atoms with van der Waals surface area (Å²) in [7, 11) is 0. The van der Waals surface area contributed by atoms with Gasteiger partial charge in [0.1, 0.15) is 5.75 Å². The predicted molar refractivity (Wildman–Crippen MR) is 81.8 cm³/mol. The predicted octanol–water partition coefficient (Wildman–Crippen LogP) is 1.85. The lowest BCUT2D eigenvalue weighted by Crippen LogP contribution is -2.25. The first-order chi connectivity index (χ1) is 10.8. The van der Waals surface area contributed by atoms with Crippen LogP contribution in [-0.4, -0.2) is 23.2 Å². The molecule has 2 N–H and O–H groups in total. The molecule has 1 unspecified atom stereocenters. The van der Waals surface area contributed by atoms with Crippen LogP contribution in [0.15, 0.2) is 47.7 Å². The number of amides is 1. The van der Waals surface area contributed by atoms with Crippen LogP contribution in [-0.2, 0) is 4.79 Å². The number of carbonyl (C=O) groups is 1. The highest BCUT2D eigenvalue weighted by atomic mass is 16.5. The number of pyridine rings is 1. The second kappa shape index (κ2) is 5.14. The molecule has 0 saturated carbocycles. The van der Waals surface area contributed by atoms with Crippen LogP contribution in [0, 0.1) is 0 Å². The Balaban J connectivity index is 1.56. The number of carbonyl (C=O) groups excluding carboxylic acids is 1. The summed E-state index contributed by atoms with van der Waals surface area (Å²) in [5, 5.41) is 7.22. The van der Waals surface area contributed by atoms with Crippen molar-refractivity contribution >= 4 is 17.3 Å². The third-order valence-electron chi connectivity index (χ3n) is 3.74. The van der Waals surface area contributed by atoms with E-state index in [4.69, 9.17) is 4.74 Å². The second-order valence-electron chi connectivity index (χ2n) is 5.25. The molecule has 0 radical (unpaired) electrons. The van der Waals surface area contributed by atoms with E-state index >= 15 is 0 Å². The van der Waals surface area contributed by atoms with Crippen LogP contribution in [0.1, 0.15) is 23.7 Å². The van der Waals surface area contributed by atoms with Crippen molar-refractivity contribution in [2.45, 2.75) is 12.5 Å². The maximum Gasteiger partial charge on any atom is 0.262 e. The van der Waals surface area contributed by atoms with Crippen LogP contribution in [0.5, 0.6) is 5.75 Å². The zero-order valence-corrected chi connectivity index (χ0v) is 11.7. The lowest BCUT2D eigenvalue weighted by atomic mass is 10.0. The molecule has 0 fully saturated rings. The van der Waals surface area contributed by atoms with E-state index < -0.39 is 0 Å². The molecule has 6 nitrogen and oxygen atoms in total. The molecule has 4 rings (SSSR count). The molecule has 3 heterocycles. The maximum atomic E-state index is 11.4. The van der Waals surface area contributed by atoms with Crippen LogP contribution in [0.2, 0.25) is 0 Å². The average Bonchev–Trinajstić information content (AvgIpc) is 3.05. The summed E-state index contributed by atoms with van der Waals surface area (Å²) in [5.74, 6) is 0.554. The summed E-state index contributed by atoms with van der Waals surface area (Å²) in [6.07, 6.45) is 2.53. The molecular weight excluding hydrogens is 280 g/mol. The van der Waals surface area contributed by atoms with Gasteiger partial charge in [0.15, 0.2) is 6.61 Å². The largest absolute Gasteiger partial charge is 0.482 e.